The topological polar surface area (TPSA) is 74.9 Å². The van der Waals surface area contributed by atoms with Crippen LogP contribution in [0.5, 0.6) is 5.75 Å². The fraction of sp³-hybridized carbons (Fsp3) is 0.312. The van der Waals surface area contributed by atoms with Gasteiger partial charge in [-0.1, -0.05) is 35.5 Å². The van der Waals surface area contributed by atoms with Crippen LogP contribution in [0.4, 0.5) is 0 Å². The Morgan fingerprint density at radius 2 is 1.96 bits per heavy atom. The summed E-state index contributed by atoms with van der Waals surface area (Å²) in [4.78, 5) is 16.7. The molecule has 122 valence electrons. The van der Waals surface area contributed by atoms with Gasteiger partial charge in [0.1, 0.15) is 25.1 Å². The maximum atomic E-state index is 12.0. The number of oxime groups is 1. The number of aryl methyl sites for hydroxylation is 2. The van der Waals surface area contributed by atoms with E-state index in [1.165, 1.54) is 18.9 Å². The lowest BCUT2D eigenvalue weighted by atomic mass is 10.2. The molecular formula is C16H19N3O4. The highest BCUT2D eigenvalue weighted by Crippen LogP contribution is 2.25. The van der Waals surface area contributed by atoms with E-state index in [9.17, 15) is 4.79 Å². The monoisotopic (exact) mass is 317 g/mol. The second-order valence-corrected chi connectivity index (χ2v) is 4.78. The Balaban J connectivity index is 2.36. The summed E-state index contributed by atoms with van der Waals surface area (Å²) in [7, 11) is 4.34. The molecule has 1 heterocycles. The first-order valence-corrected chi connectivity index (χ1v) is 6.98. The summed E-state index contributed by atoms with van der Waals surface area (Å²) < 4.78 is 12.1. The van der Waals surface area contributed by atoms with Crippen molar-refractivity contribution in [3.8, 4) is 5.75 Å². The van der Waals surface area contributed by atoms with Gasteiger partial charge in [-0.25, -0.2) is 4.79 Å². The average molecular weight is 317 g/mol. The van der Waals surface area contributed by atoms with E-state index in [2.05, 4.69) is 10.3 Å². The van der Waals surface area contributed by atoms with Gasteiger partial charge >= 0.3 is 5.97 Å². The quantitative estimate of drug-likeness (QED) is 0.461. The molecule has 0 spiro atoms. The fourth-order valence-electron chi connectivity index (χ4n) is 2.17. The van der Waals surface area contributed by atoms with Gasteiger partial charge in [-0.15, -0.1) is 0 Å². The van der Waals surface area contributed by atoms with Crippen LogP contribution in [-0.4, -0.2) is 35.7 Å². The molecule has 7 heteroatoms. The van der Waals surface area contributed by atoms with Crippen molar-refractivity contribution in [2.45, 2.75) is 13.5 Å². The zero-order valence-electron chi connectivity index (χ0n) is 13.6. The fourth-order valence-corrected chi connectivity index (χ4v) is 2.17. The number of hydrogen-bond acceptors (Lipinski definition) is 6. The Morgan fingerprint density at radius 3 is 2.57 bits per heavy atom. The first kappa shape index (κ1) is 16.5. The molecule has 7 nitrogen and oxygen atoms in total. The average Bonchev–Trinajstić information content (AvgIpc) is 2.84. The predicted octanol–water partition coefficient (Wildman–Crippen LogP) is 1.83. The molecule has 0 radical (unpaired) electrons. The number of benzene rings is 1. The summed E-state index contributed by atoms with van der Waals surface area (Å²) in [5.41, 5.74) is 2.06. The van der Waals surface area contributed by atoms with Gasteiger partial charge in [-0.3, -0.25) is 4.68 Å². The van der Waals surface area contributed by atoms with Gasteiger partial charge in [0.05, 0.1) is 7.11 Å². The molecule has 0 unspecified atom stereocenters. The number of hydrogen-bond donors (Lipinski definition) is 0. The van der Waals surface area contributed by atoms with Crippen LogP contribution in [-0.2, 0) is 28.0 Å². The van der Waals surface area contributed by atoms with Gasteiger partial charge in [0.2, 0.25) is 5.71 Å². The number of nitrogens with zero attached hydrogens (tertiary/aromatic N) is 3. The second kappa shape index (κ2) is 7.44. The first-order chi connectivity index (χ1) is 11.1. The van der Waals surface area contributed by atoms with Gasteiger partial charge in [0, 0.05) is 7.05 Å². The molecule has 0 saturated heterocycles. The largest absolute Gasteiger partial charge is 0.485 e. The van der Waals surface area contributed by atoms with Crippen LogP contribution >= 0.6 is 0 Å². The summed E-state index contributed by atoms with van der Waals surface area (Å²) in [5.74, 6) is -0.156. The van der Waals surface area contributed by atoms with Crippen molar-refractivity contribution in [3.05, 3.63) is 47.3 Å². The van der Waals surface area contributed by atoms with E-state index in [4.69, 9.17) is 14.3 Å². The summed E-state index contributed by atoms with van der Waals surface area (Å²) >= 11 is 0. The van der Waals surface area contributed by atoms with E-state index in [0.29, 0.717) is 23.7 Å². The maximum absolute atomic E-state index is 12.0. The Bertz CT molecular complexity index is 708. The molecule has 0 aliphatic heterocycles. The third-order valence-corrected chi connectivity index (χ3v) is 3.18. The maximum Gasteiger partial charge on any atom is 0.362 e. The van der Waals surface area contributed by atoms with Crippen molar-refractivity contribution in [3.63, 3.8) is 0 Å². The van der Waals surface area contributed by atoms with Crippen molar-refractivity contribution in [2.24, 2.45) is 12.2 Å². The number of rotatable bonds is 6. The van der Waals surface area contributed by atoms with Gasteiger partial charge in [0.15, 0.2) is 5.75 Å². The van der Waals surface area contributed by atoms with E-state index < -0.39 is 5.97 Å². The molecule has 2 aromatic rings. The van der Waals surface area contributed by atoms with E-state index in [1.807, 2.05) is 30.3 Å². The highest BCUT2D eigenvalue weighted by Gasteiger charge is 2.26. The molecule has 0 amide bonds. The van der Waals surface area contributed by atoms with Crippen LogP contribution in [0.25, 0.3) is 0 Å². The highest BCUT2D eigenvalue weighted by atomic mass is 16.6. The summed E-state index contributed by atoms with van der Waals surface area (Å²) in [6.45, 7) is 2.15. The standard InChI is InChI=1S/C16H19N3O4/c1-11-15(23-10-12-8-6-5-7-9-12)14(19(2)17-11)13(18-22-4)16(20)21-3/h5-9H,10H2,1-4H3. The molecule has 1 aromatic carbocycles. The molecule has 0 saturated carbocycles. The van der Waals surface area contributed by atoms with Crippen LogP contribution in [0.15, 0.2) is 35.5 Å². The summed E-state index contributed by atoms with van der Waals surface area (Å²) in [5, 5.41) is 8.05. The zero-order chi connectivity index (χ0) is 16.8. The Hall–Kier alpha value is -2.83. The third kappa shape index (κ3) is 3.68. The van der Waals surface area contributed by atoms with Gasteiger partial charge in [-0.2, -0.15) is 5.10 Å². The second-order valence-electron chi connectivity index (χ2n) is 4.78. The molecule has 0 aliphatic rings. The SMILES string of the molecule is CON=C(C(=O)OC)c1c(OCc2ccccc2)c(C)nn1C. The van der Waals surface area contributed by atoms with E-state index in [0.717, 1.165) is 5.56 Å². The van der Waals surface area contributed by atoms with E-state index in [1.54, 1.807) is 14.0 Å². The van der Waals surface area contributed by atoms with Crippen LogP contribution in [0.1, 0.15) is 17.0 Å². The number of carbonyl (C=O) groups excluding carboxylic acids is 1. The van der Waals surface area contributed by atoms with Crippen molar-refractivity contribution in [1.82, 2.24) is 9.78 Å². The summed E-state index contributed by atoms with van der Waals surface area (Å²) in [6, 6.07) is 9.71. The van der Waals surface area contributed by atoms with Crippen LogP contribution in [0, 0.1) is 6.92 Å². The first-order valence-electron chi connectivity index (χ1n) is 6.98. The lowest BCUT2D eigenvalue weighted by Gasteiger charge is -2.10. The normalized spacial score (nSPS) is 11.2. The Labute approximate surface area is 134 Å². The highest BCUT2D eigenvalue weighted by molar-refractivity contribution is 6.43. The smallest absolute Gasteiger partial charge is 0.362 e. The lowest BCUT2D eigenvalue weighted by molar-refractivity contribution is -0.132. The van der Waals surface area contributed by atoms with Crippen molar-refractivity contribution in [2.75, 3.05) is 14.2 Å². The molecule has 0 aliphatic carbocycles. The van der Waals surface area contributed by atoms with Crippen molar-refractivity contribution < 1.29 is 19.1 Å². The number of carbonyl (C=O) groups is 1. The molecule has 2 rings (SSSR count). The van der Waals surface area contributed by atoms with Crippen LogP contribution < -0.4 is 4.74 Å². The van der Waals surface area contributed by atoms with Gasteiger partial charge in [-0.05, 0) is 12.5 Å². The van der Waals surface area contributed by atoms with Crippen LogP contribution in [0.2, 0.25) is 0 Å². The molecule has 1 aromatic heterocycles. The number of esters is 1. The van der Waals surface area contributed by atoms with Crippen molar-refractivity contribution >= 4 is 11.7 Å². The van der Waals surface area contributed by atoms with Gasteiger partial charge < -0.3 is 14.3 Å². The molecule has 0 atom stereocenters. The number of methoxy groups -OCH3 is 1. The number of ether oxygens (including phenoxy) is 2. The Kier molecular flexibility index (Phi) is 5.35. The van der Waals surface area contributed by atoms with E-state index in [-0.39, 0.29) is 5.71 Å². The molecule has 0 bridgehead atoms. The van der Waals surface area contributed by atoms with Crippen molar-refractivity contribution in [1.29, 1.82) is 0 Å². The van der Waals surface area contributed by atoms with Gasteiger partial charge in [0.25, 0.3) is 0 Å². The molecule has 23 heavy (non-hydrogen) atoms. The Morgan fingerprint density at radius 1 is 1.26 bits per heavy atom. The zero-order valence-corrected chi connectivity index (χ0v) is 13.6. The minimum Gasteiger partial charge on any atom is -0.485 e. The summed E-state index contributed by atoms with van der Waals surface area (Å²) in [6.07, 6.45) is 0. The minimum absolute atomic E-state index is 0.00108. The molecule has 0 fully saturated rings. The molecular weight excluding hydrogens is 298 g/mol. The minimum atomic E-state index is -0.626. The number of aromatic nitrogens is 2. The predicted molar refractivity (Wildman–Crippen MR) is 84.3 cm³/mol. The van der Waals surface area contributed by atoms with Crippen LogP contribution in [0.3, 0.4) is 0 Å². The molecule has 0 N–H and O–H groups in total. The third-order valence-electron chi connectivity index (χ3n) is 3.18. The van der Waals surface area contributed by atoms with E-state index >= 15 is 0 Å². The lowest BCUT2D eigenvalue weighted by Crippen LogP contribution is -2.21.